The van der Waals surface area contributed by atoms with Crippen molar-refractivity contribution in [2.45, 2.75) is 349 Å². The third kappa shape index (κ3) is 53.8. The second kappa shape index (κ2) is 53.2. The highest BCUT2D eigenvalue weighted by molar-refractivity contribution is 5.71. The van der Waals surface area contributed by atoms with Gasteiger partial charge in [0.15, 0.2) is 6.10 Å². The minimum Gasteiger partial charge on any atom is -0.462 e. The van der Waals surface area contributed by atoms with E-state index >= 15 is 0 Å². The van der Waals surface area contributed by atoms with Gasteiger partial charge in [0.05, 0.1) is 0 Å². The first-order valence-electron chi connectivity index (χ1n) is 30.6. The number of ether oxygens (including phenoxy) is 3. The van der Waals surface area contributed by atoms with Crippen molar-refractivity contribution in [1.82, 2.24) is 0 Å². The van der Waals surface area contributed by atoms with E-state index in [1.807, 2.05) is 0 Å². The van der Waals surface area contributed by atoms with Gasteiger partial charge < -0.3 is 14.2 Å². The fourth-order valence-corrected chi connectivity index (χ4v) is 9.50. The van der Waals surface area contributed by atoms with Gasteiger partial charge in [0.1, 0.15) is 13.2 Å². The Morgan fingerprint density at radius 3 is 0.765 bits per heavy atom. The summed E-state index contributed by atoms with van der Waals surface area (Å²) in [6.07, 6.45) is 56.6. The Labute approximate surface area is 425 Å². The van der Waals surface area contributed by atoms with Crippen LogP contribution in [0.25, 0.3) is 0 Å². The van der Waals surface area contributed by atoms with Crippen molar-refractivity contribution in [3.63, 3.8) is 0 Å². The quantitative estimate of drug-likeness (QED) is 0.0343. The average Bonchev–Trinajstić information content (AvgIpc) is 3.31. The zero-order valence-electron chi connectivity index (χ0n) is 46.9. The molecule has 0 aromatic rings. The van der Waals surface area contributed by atoms with Gasteiger partial charge in [0, 0.05) is 19.3 Å². The lowest BCUT2D eigenvalue weighted by molar-refractivity contribution is -0.167. The lowest BCUT2D eigenvalue weighted by Gasteiger charge is -2.18. The molecule has 1 unspecified atom stereocenters. The van der Waals surface area contributed by atoms with Crippen molar-refractivity contribution in [2.24, 2.45) is 17.8 Å². The van der Waals surface area contributed by atoms with Gasteiger partial charge in [-0.15, -0.1) is 0 Å². The van der Waals surface area contributed by atoms with Crippen LogP contribution in [-0.4, -0.2) is 37.2 Å². The number of carbonyl (C=O) groups excluding carboxylic acids is 3. The number of esters is 3. The second-order valence-corrected chi connectivity index (χ2v) is 22.5. The minimum absolute atomic E-state index is 0.0631. The molecule has 0 aromatic carbocycles. The van der Waals surface area contributed by atoms with Gasteiger partial charge in [0.25, 0.3) is 0 Å². The first kappa shape index (κ1) is 66.4. The lowest BCUT2D eigenvalue weighted by atomic mass is 9.99. The van der Waals surface area contributed by atoms with E-state index in [4.69, 9.17) is 14.2 Å². The van der Waals surface area contributed by atoms with Gasteiger partial charge in [-0.3, -0.25) is 14.4 Å². The normalized spacial score (nSPS) is 12.5. The van der Waals surface area contributed by atoms with Crippen LogP contribution < -0.4 is 0 Å². The Balaban J connectivity index is 4.28. The molecule has 6 heteroatoms. The van der Waals surface area contributed by atoms with E-state index in [1.165, 1.54) is 225 Å². The molecular formula is C62H120O6. The molecule has 0 aliphatic carbocycles. The van der Waals surface area contributed by atoms with Gasteiger partial charge in [-0.1, -0.05) is 305 Å². The van der Waals surface area contributed by atoms with Crippen molar-refractivity contribution in [2.75, 3.05) is 13.2 Å². The molecule has 0 aromatic heterocycles. The minimum atomic E-state index is -0.764. The predicted molar refractivity (Wildman–Crippen MR) is 293 cm³/mol. The van der Waals surface area contributed by atoms with Crippen LogP contribution in [0.3, 0.4) is 0 Å². The molecule has 0 saturated heterocycles. The highest BCUT2D eigenvalue weighted by Gasteiger charge is 2.19. The van der Waals surface area contributed by atoms with Crippen LogP contribution >= 0.6 is 0 Å². The first-order valence-corrected chi connectivity index (χ1v) is 30.6. The summed E-state index contributed by atoms with van der Waals surface area (Å²) in [4.78, 5) is 38.2. The van der Waals surface area contributed by atoms with E-state index in [2.05, 4.69) is 41.5 Å². The maximum atomic E-state index is 12.9. The lowest BCUT2D eigenvalue weighted by Crippen LogP contribution is -2.30. The number of hydrogen-bond donors (Lipinski definition) is 0. The van der Waals surface area contributed by atoms with Gasteiger partial charge in [0.2, 0.25) is 0 Å². The molecule has 0 saturated carbocycles. The van der Waals surface area contributed by atoms with Crippen LogP contribution in [0.15, 0.2) is 0 Å². The zero-order valence-corrected chi connectivity index (χ0v) is 46.9. The molecule has 0 amide bonds. The standard InChI is InChI=1S/C62H120O6/c1-7-58(6)50-44-38-32-26-19-15-12-13-16-20-27-33-39-45-51-60(63)66-54-59(55-67-61(64)52-46-40-34-28-23-22-25-31-37-43-49-57(4)5)68-62(65)53-47-41-35-29-21-17-11-9-8-10-14-18-24-30-36-42-48-56(2)3/h56-59H,7-55H2,1-6H3/t58?,59-/m0/s1. The van der Waals surface area contributed by atoms with Crippen LogP contribution in [0.4, 0.5) is 0 Å². The molecule has 0 rings (SSSR count). The molecule has 0 spiro atoms. The number of unbranched alkanes of at least 4 members (excludes halogenated alkanes) is 37. The molecule has 0 radical (unpaired) electrons. The Bertz CT molecular complexity index is 1060. The van der Waals surface area contributed by atoms with Crippen molar-refractivity contribution in [1.29, 1.82) is 0 Å². The molecule has 68 heavy (non-hydrogen) atoms. The number of hydrogen-bond acceptors (Lipinski definition) is 6. The summed E-state index contributed by atoms with van der Waals surface area (Å²) >= 11 is 0. The van der Waals surface area contributed by atoms with Gasteiger partial charge in [-0.25, -0.2) is 0 Å². The fourth-order valence-electron chi connectivity index (χ4n) is 9.50. The number of rotatable bonds is 55. The third-order valence-electron chi connectivity index (χ3n) is 14.5. The molecule has 6 nitrogen and oxygen atoms in total. The molecule has 0 heterocycles. The maximum absolute atomic E-state index is 12.9. The van der Waals surface area contributed by atoms with E-state index in [0.717, 1.165) is 75.5 Å². The van der Waals surface area contributed by atoms with Crippen molar-refractivity contribution in [3.8, 4) is 0 Å². The summed E-state index contributed by atoms with van der Waals surface area (Å²) in [5, 5.41) is 0. The summed E-state index contributed by atoms with van der Waals surface area (Å²) in [6.45, 7) is 13.8. The predicted octanol–water partition coefficient (Wildman–Crippen LogP) is 20.3. The molecule has 0 N–H and O–H groups in total. The van der Waals surface area contributed by atoms with E-state index in [0.29, 0.717) is 19.3 Å². The van der Waals surface area contributed by atoms with Gasteiger partial charge in [-0.05, 0) is 37.0 Å². The van der Waals surface area contributed by atoms with Crippen LogP contribution in [0, 0.1) is 17.8 Å². The summed E-state index contributed by atoms with van der Waals surface area (Å²) in [5.41, 5.74) is 0. The molecule has 404 valence electrons. The topological polar surface area (TPSA) is 78.9 Å². The second-order valence-electron chi connectivity index (χ2n) is 22.5. The van der Waals surface area contributed by atoms with Gasteiger partial charge >= 0.3 is 17.9 Å². The molecular weight excluding hydrogens is 841 g/mol. The van der Waals surface area contributed by atoms with E-state index in [-0.39, 0.29) is 31.1 Å². The fraction of sp³-hybridized carbons (Fsp3) is 0.952. The third-order valence-corrected chi connectivity index (χ3v) is 14.5. The van der Waals surface area contributed by atoms with Crippen LogP contribution in [0.2, 0.25) is 0 Å². The summed E-state index contributed by atoms with van der Waals surface area (Å²) < 4.78 is 16.9. The van der Waals surface area contributed by atoms with Crippen molar-refractivity contribution < 1.29 is 28.6 Å². The van der Waals surface area contributed by atoms with Gasteiger partial charge in [-0.2, -0.15) is 0 Å². The summed E-state index contributed by atoms with van der Waals surface area (Å²) in [5.74, 6) is 1.73. The Morgan fingerprint density at radius 1 is 0.294 bits per heavy atom. The van der Waals surface area contributed by atoms with Crippen LogP contribution in [0.5, 0.6) is 0 Å². The largest absolute Gasteiger partial charge is 0.462 e. The number of carbonyl (C=O) groups is 3. The summed E-state index contributed by atoms with van der Waals surface area (Å²) in [7, 11) is 0. The monoisotopic (exact) mass is 961 g/mol. The Kier molecular flexibility index (Phi) is 52.0. The Morgan fingerprint density at radius 2 is 0.515 bits per heavy atom. The smallest absolute Gasteiger partial charge is 0.306 e. The van der Waals surface area contributed by atoms with Crippen molar-refractivity contribution >= 4 is 17.9 Å². The van der Waals surface area contributed by atoms with E-state index in [1.54, 1.807) is 0 Å². The zero-order chi connectivity index (χ0) is 49.8. The first-order chi connectivity index (χ1) is 33.1. The van der Waals surface area contributed by atoms with Crippen molar-refractivity contribution in [3.05, 3.63) is 0 Å². The molecule has 2 atom stereocenters. The maximum Gasteiger partial charge on any atom is 0.306 e. The summed E-state index contributed by atoms with van der Waals surface area (Å²) in [6, 6.07) is 0. The highest BCUT2D eigenvalue weighted by atomic mass is 16.6. The van der Waals surface area contributed by atoms with E-state index < -0.39 is 6.10 Å². The molecule has 0 fully saturated rings. The van der Waals surface area contributed by atoms with Crippen LogP contribution in [0.1, 0.15) is 343 Å². The Hall–Kier alpha value is -1.59. The van der Waals surface area contributed by atoms with E-state index in [9.17, 15) is 14.4 Å². The molecule has 0 bridgehead atoms. The molecule has 0 aliphatic heterocycles. The average molecular weight is 962 g/mol. The van der Waals surface area contributed by atoms with Crippen LogP contribution in [-0.2, 0) is 28.6 Å². The highest BCUT2D eigenvalue weighted by Crippen LogP contribution is 2.19. The molecule has 0 aliphatic rings. The SMILES string of the molecule is CCC(C)CCCCCCCCCCCCCCCCC(=O)OC[C@@H](COC(=O)CCCCCCCCCCCCC(C)C)OC(=O)CCCCCCCCCCCCCCCCCCC(C)C.